The van der Waals surface area contributed by atoms with Crippen molar-refractivity contribution in [1.29, 1.82) is 10.8 Å². The Morgan fingerprint density at radius 3 is 2.55 bits per heavy atom. The van der Waals surface area contributed by atoms with Gasteiger partial charge in [-0.15, -0.1) is 0 Å². The summed E-state index contributed by atoms with van der Waals surface area (Å²) in [5.74, 6) is -0.423. The molecule has 1 aromatic carbocycles. The van der Waals surface area contributed by atoms with Gasteiger partial charge in [0.2, 0.25) is 0 Å². The van der Waals surface area contributed by atoms with Gasteiger partial charge in [-0.05, 0) is 50.6 Å². The van der Waals surface area contributed by atoms with E-state index < -0.39 is 5.91 Å². The number of aromatic amines is 1. The van der Waals surface area contributed by atoms with E-state index in [-0.39, 0.29) is 16.3 Å². The largest absolute Gasteiger partial charge is 0.361 e. The number of amides is 1. The Hall–Kier alpha value is -2.32. The number of aromatic nitrogens is 1. The minimum atomic E-state index is -0.423. The second-order valence-electron chi connectivity index (χ2n) is 7.79. The van der Waals surface area contributed by atoms with Crippen LogP contribution in [0.25, 0.3) is 10.9 Å². The van der Waals surface area contributed by atoms with Crippen molar-refractivity contribution in [2.45, 2.75) is 39.3 Å². The van der Waals surface area contributed by atoms with Gasteiger partial charge in [-0.1, -0.05) is 18.2 Å². The number of piperazine rings is 1. The number of thioether (sulfide) groups is 1. The fourth-order valence-electron chi connectivity index (χ4n) is 3.62. The lowest BCUT2D eigenvalue weighted by Gasteiger charge is -2.37. The number of nitrogens with zero attached hydrogens (tertiary/aromatic N) is 2. The van der Waals surface area contributed by atoms with Crippen LogP contribution in [-0.2, 0) is 11.2 Å². The molecule has 1 aliphatic heterocycles. The van der Waals surface area contributed by atoms with Crippen molar-refractivity contribution < 1.29 is 4.79 Å². The highest BCUT2D eigenvalue weighted by atomic mass is 32.2. The fraction of sp³-hybridized carbons (Fsp3) is 0.476. The number of benzene rings is 1. The van der Waals surface area contributed by atoms with Crippen LogP contribution >= 0.6 is 11.8 Å². The maximum absolute atomic E-state index is 12.4. The van der Waals surface area contributed by atoms with E-state index in [1.807, 2.05) is 36.2 Å². The molecule has 0 aliphatic carbocycles. The van der Waals surface area contributed by atoms with Crippen molar-refractivity contribution in [2.24, 2.45) is 0 Å². The number of hydrogen-bond donors (Lipinski definition) is 4. The summed E-state index contributed by atoms with van der Waals surface area (Å²) in [6, 6.07) is 8.48. The highest BCUT2D eigenvalue weighted by molar-refractivity contribution is 8.27. The predicted molar refractivity (Wildman–Crippen MR) is 121 cm³/mol. The molecule has 3 rings (SSSR count). The summed E-state index contributed by atoms with van der Waals surface area (Å²) in [6.45, 7) is 9.61. The zero-order valence-electron chi connectivity index (χ0n) is 17.3. The van der Waals surface area contributed by atoms with Crippen molar-refractivity contribution in [3.63, 3.8) is 0 Å². The molecule has 0 spiro atoms. The van der Waals surface area contributed by atoms with Crippen LogP contribution in [0.5, 0.6) is 0 Å². The minimum Gasteiger partial charge on any atom is -0.361 e. The van der Waals surface area contributed by atoms with Crippen molar-refractivity contribution in [3.05, 3.63) is 36.0 Å². The number of carbonyl (C=O) groups is 1. The molecular formula is C21H30N6OS. The summed E-state index contributed by atoms with van der Waals surface area (Å²) in [5.41, 5.74) is 2.22. The SMILES string of the molecule is CC(Cc1c[nH]c2ccccc12)NC(=O)C(=N)SC(=N)N1CCN(C(C)C)CC1. The summed E-state index contributed by atoms with van der Waals surface area (Å²) in [6.07, 6.45) is 2.65. The number of H-pyrrole nitrogens is 1. The summed E-state index contributed by atoms with van der Waals surface area (Å²) in [4.78, 5) is 20.0. The van der Waals surface area contributed by atoms with Crippen LogP contribution < -0.4 is 5.32 Å². The van der Waals surface area contributed by atoms with E-state index in [0.29, 0.717) is 12.5 Å². The molecule has 1 atom stereocenters. The maximum atomic E-state index is 12.4. The number of amidine groups is 1. The van der Waals surface area contributed by atoms with Gasteiger partial charge in [0.25, 0.3) is 5.91 Å². The second kappa shape index (κ2) is 9.45. The Labute approximate surface area is 176 Å². The van der Waals surface area contributed by atoms with Gasteiger partial charge in [0.05, 0.1) is 0 Å². The Morgan fingerprint density at radius 1 is 1.17 bits per heavy atom. The van der Waals surface area contributed by atoms with Gasteiger partial charge in [-0.2, -0.15) is 0 Å². The van der Waals surface area contributed by atoms with E-state index >= 15 is 0 Å². The van der Waals surface area contributed by atoms with Crippen molar-refractivity contribution >= 4 is 38.8 Å². The smallest absolute Gasteiger partial charge is 0.276 e. The third-order valence-corrected chi connectivity index (χ3v) is 6.16. The molecular weight excluding hydrogens is 384 g/mol. The quantitative estimate of drug-likeness (QED) is 0.457. The molecule has 1 saturated heterocycles. The third kappa shape index (κ3) is 5.39. The van der Waals surface area contributed by atoms with Gasteiger partial charge in [0, 0.05) is 55.4 Å². The number of hydrogen-bond acceptors (Lipinski definition) is 5. The van der Waals surface area contributed by atoms with Gasteiger partial charge in [-0.25, -0.2) is 0 Å². The summed E-state index contributed by atoms with van der Waals surface area (Å²) in [7, 11) is 0. The average Bonchev–Trinajstić information content (AvgIpc) is 3.10. The molecule has 156 valence electrons. The molecule has 2 heterocycles. The molecule has 1 amide bonds. The van der Waals surface area contributed by atoms with Crippen molar-refractivity contribution in [3.8, 4) is 0 Å². The lowest BCUT2D eigenvalue weighted by molar-refractivity contribution is -0.115. The van der Waals surface area contributed by atoms with Crippen LogP contribution in [0.15, 0.2) is 30.5 Å². The Balaban J connectivity index is 1.47. The molecule has 1 aromatic heterocycles. The van der Waals surface area contributed by atoms with Crippen LogP contribution in [0, 0.1) is 10.8 Å². The predicted octanol–water partition coefficient (Wildman–Crippen LogP) is 2.89. The van der Waals surface area contributed by atoms with Gasteiger partial charge in [-0.3, -0.25) is 20.5 Å². The molecule has 2 aromatic rings. The van der Waals surface area contributed by atoms with Crippen LogP contribution in [0.1, 0.15) is 26.3 Å². The van der Waals surface area contributed by atoms with Crippen LogP contribution in [0.2, 0.25) is 0 Å². The van der Waals surface area contributed by atoms with E-state index in [9.17, 15) is 4.79 Å². The van der Waals surface area contributed by atoms with Gasteiger partial charge >= 0.3 is 0 Å². The molecule has 29 heavy (non-hydrogen) atoms. The van der Waals surface area contributed by atoms with Gasteiger partial charge < -0.3 is 15.2 Å². The maximum Gasteiger partial charge on any atom is 0.276 e. The number of fused-ring (bicyclic) bond motifs is 1. The zero-order valence-corrected chi connectivity index (χ0v) is 18.1. The molecule has 0 saturated carbocycles. The average molecular weight is 415 g/mol. The monoisotopic (exact) mass is 414 g/mol. The van der Waals surface area contributed by atoms with Crippen molar-refractivity contribution in [1.82, 2.24) is 20.1 Å². The minimum absolute atomic E-state index is 0.105. The summed E-state index contributed by atoms with van der Waals surface area (Å²) in [5, 5.41) is 20.5. The molecule has 1 fully saturated rings. The number of carbonyl (C=O) groups excluding carboxylic acids is 1. The molecule has 8 heteroatoms. The third-order valence-electron chi connectivity index (χ3n) is 5.32. The van der Waals surface area contributed by atoms with E-state index in [2.05, 4.69) is 35.1 Å². The van der Waals surface area contributed by atoms with Gasteiger partial charge in [0.1, 0.15) is 0 Å². The fourth-order valence-corrected chi connectivity index (χ4v) is 4.28. The first kappa shape index (κ1) is 21.4. The normalized spacial score (nSPS) is 16.2. The molecule has 1 aliphatic rings. The van der Waals surface area contributed by atoms with E-state index in [4.69, 9.17) is 10.8 Å². The lowest BCUT2D eigenvalue weighted by atomic mass is 10.1. The van der Waals surface area contributed by atoms with E-state index in [1.54, 1.807) is 0 Å². The zero-order chi connectivity index (χ0) is 21.0. The summed E-state index contributed by atoms with van der Waals surface area (Å²) >= 11 is 0.932. The Bertz CT molecular complexity index is 884. The van der Waals surface area contributed by atoms with E-state index in [1.165, 1.54) is 0 Å². The Morgan fingerprint density at radius 2 is 1.86 bits per heavy atom. The topological polar surface area (TPSA) is 99.1 Å². The highest BCUT2D eigenvalue weighted by Crippen LogP contribution is 2.19. The molecule has 4 N–H and O–H groups in total. The van der Waals surface area contributed by atoms with Crippen LogP contribution in [-0.4, -0.2) is 69.2 Å². The standard InChI is InChI=1S/C21H30N6OS/c1-14(2)26-8-10-27(11-9-26)21(23)29-19(22)20(28)25-15(3)12-16-13-24-18-7-5-4-6-17(16)18/h4-7,13-15,22-24H,8-12H2,1-3H3,(H,25,28). The molecule has 0 radical (unpaired) electrons. The van der Waals surface area contributed by atoms with E-state index in [0.717, 1.165) is 54.4 Å². The van der Waals surface area contributed by atoms with Crippen LogP contribution in [0.4, 0.5) is 0 Å². The number of rotatable bonds is 4. The first-order valence-corrected chi connectivity index (χ1v) is 10.9. The van der Waals surface area contributed by atoms with Crippen molar-refractivity contribution in [2.75, 3.05) is 26.2 Å². The number of nitrogens with one attached hydrogen (secondary N) is 4. The Kier molecular flexibility index (Phi) is 6.97. The molecule has 7 nitrogen and oxygen atoms in total. The summed E-state index contributed by atoms with van der Waals surface area (Å²) < 4.78 is 0. The first-order valence-electron chi connectivity index (χ1n) is 10.0. The lowest BCUT2D eigenvalue weighted by Crippen LogP contribution is -2.50. The van der Waals surface area contributed by atoms with Crippen LogP contribution in [0.3, 0.4) is 0 Å². The molecule has 1 unspecified atom stereocenters. The highest BCUT2D eigenvalue weighted by Gasteiger charge is 2.23. The first-order chi connectivity index (χ1) is 13.8. The van der Waals surface area contributed by atoms with Gasteiger partial charge in [0.15, 0.2) is 10.2 Å². The number of para-hydroxylation sites is 1. The molecule has 0 bridgehead atoms. The second-order valence-corrected chi connectivity index (χ2v) is 8.79.